The van der Waals surface area contributed by atoms with E-state index in [0.29, 0.717) is 15.9 Å². The van der Waals surface area contributed by atoms with Crippen molar-refractivity contribution < 1.29 is 9.32 Å². The van der Waals surface area contributed by atoms with Crippen molar-refractivity contribution in [3.05, 3.63) is 46.0 Å². The summed E-state index contributed by atoms with van der Waals surface area (Å²) in [6, 6.07) is 4.47. The largest absolute Gasteiger partial charge is 0.343 e. The summed E-state index contributed by atoms with van der Waals surface area (Å²) >= 11 is 11.9. The maximum absolute atomic E-state index is 12.0. The third-order valence-electron chi connectivity index (χ3n) is 2.30. The second-order valence-corrected chi connectivity index (χ2v) is 4.40. The summed E-state index contributed by atoms with van der Waals surface area (Å²) in [6.07, 6.45) is 1.19. The number of nitrogens with zero attached hydrogens (tertiary/aromatic N) is 2. The van der Waals surface area contributed by atoms with Gasteiger partial charge in [0.05, 0.1) is 21.7 Å². The molecule has 1 atom stereocenters. The van der Waals surface area contributed by atoms with Gasteiger partial charge >= 0.3 is 0 Å². The highest BCUT2D eigenvalue weighted by Crippen LogP contribution is 2.24. The summed E-state index contributed by atoms with van der Waals surface area (Å²) < 4.78 is 4.61. The van der Waals surface area contributed by atoms with Crippen LogP contribution >= 0.6 is 23.2 Å². The highest BCUT2D eigenvalue weighted by atomic mass is 35.5. The van der Waals surface area contributed by atoms with E-state index < -0.39 is 6.04 Å². The van der Waals surface area contributed by atoms with Gasteiger partial charge in [-0.3, -0.25) is 4.79 Å². The third kappa shape index (κ3) is 2.63. The molecule has 0 aliphatic rings. The lowest BCUT2D eigenvalue weighted by molar-refractivity contribution is 0.0938. The molecule has 2 rings (SSSR count). The van der Waals surface area contributed by atoms with Crippen LogP contribution in [0.2, 0.25) is 10.0 Å². The lowest BCUT2D eigenvalue weighted by Gasteiger charge is -2.11. The van der Waals surface area contributed by atoms with Crippen LogP contribution in [0, 0.1) is 0 Å². The van der Waals surface area contributed by atoms with Gasteiger partial charge in [-0.05, 0) is 19.1 Å². The summed E-state index contributed by atoms with van der Waals surface area (Å²) in [6.45, 7) is 1.73. The number of carbonyl (C=O) groups is 1. The minimum atomic E-state index is -0.399. The predicted octanol–water partition coefficient (Wildman–Crippen LogP) is 2.87. The van der Waals surface area contributed by atoms with Crippen LogP contribution in [0.3, 0.4) is 0 Å². The van der Waals surface area contributed by atoms with E-state index in [1.54, 1.807) is 25.1 Å². The number of rotatable bonds is 3. The molecule has 1 heterocycles. The first-order chi connectivity index (χ1) is 8.59. The van der Waals surface area contributed by atoms with Gasteiger partial charge in [0.2, 0.25) is 6.39 Å². The van der Waals surface area contributed by atoms with Gasteiger partial charge in [-0.2, -0.15) is 4.98 Å². The van der Waals surface area contributed by atoms with E-state index in [1.807, 2.05) is 0 Å². The zero-order valence-electron chi connectivity index (χ0n) is 9.35. The van der Waals surface area contributed by atoms with Crippen LogP contribution in [0.1, 0.15) is 29.1 Å². The smallest absolute Gasteiger partial charge is 0.254 e. The molecule has 2 aromatic rings. The first-order valence-corrected chi connectivity index (χ1v) is 5.86. The molecule has 0 saturated heterocycles. The Morgan fingerprint density at radius 1 is 1.39 bits per heavy atom. The summed E-state index contributed by atoms with van der Waals surface area (Å²) in [5.74, 6) is -0.00516. The summed E-state index contributed by atoms with van der Waals surface area (Å²) in [7, 11) is 0. The molecule has 5 nitrogen and oxygen atoms in total. The van der Waals surface area contributed by atoms with Crippen molar-refractivity contribution in [1.29, 1.82) is 0 Å². The van der Waals surface area contributed by atoms with E-state index in [9.17, 15) is 4.79 Å². The second kappa shape index (κ2) is 5.37. The van der Waals surface area contributed by atoms with Gasteiger partial charge in [0.15, 0.2) is 5.82 Å². The molecule has 0 bridgehead atoms. The molecule has 1 amide bonds. The van der Waals surface area contributed by atoms with Gasteiger partial charge in [0.1, 0.15) is 0 Å². The fourth-order valence-electron chi connectivity index (χ4n) is 1.42. The summed E-state index contributed by atoms with van der Waals surface area (Å²) in [4.78, 5) is 15.9. The van der Waals surface area contributed by atoms with Crippen LogP contribution in [-0.2, 0) is 0 Å². The van der Waals surface area contributed by atoms with Crippen molar-refractivity contribution in [3.63, 3.8) is 0 Å². The molecule has 0 aliphatic heterocycles. The Labute approximate surface area is 113 Å². The zero-order valence-corrected chi connectivity index (χ0v) is 10.9. The van der Waals surface area contributed by atoms with Crippen molar-refractivity contribution in [1.82, 2.24) is 15.5 Å². The first-order valence-electron chi connectivity index (χ1n) is 5.10. The third-order valence-corrected chi connectivity index (χ3v) is 2.93. The van der Waals surface area contributed by atoms with Crippen LogP contribution < -0.4 is 5.32 Å². The number of benzene rings is 1. The first kappa shape index (κ1) is 12.9. The maximum Gasteiger partial charge on any atom is 0.254 e. The SMILES string of the molecule is CC(NC(=O)c1c(Cl)cccc1Cl)c1ncon1. The molecule has 7 heteroatoms. The highest BCUT2D eigenvalue weighted by Gasteiger charge is 2.19. The fraction of sp³-hybridized carbons (Fsp3) is 0.182. The number of carbonyl (C=O) groups excluding carboxylic acids is 1. The van der Waals surface area contributed by atoms with E-state index >= 15 is 0 Å². The molecule has 18 heavy (non-hydrogen) atoms. The number of hydrogen-bond acceptors (Lipinski definition) is 4. The van der Waals surface area contributed by atoms with Crippen LogP contribution in [0.4, 0.5) is 0 Å². The summed E-state index contributed by atoms with van der Waals surface area (Å²) in [5, 5.41) is 6.91. The Hall–Kier alpha value is -1.59. The molecule has 0 saturated carbocycles. The van der Waals surface area contributed by atoms with Gasteiger partial charge in [-0.1, -0.05) is 34.4 Å². The van der Waals surface area contributed by atoms with Gasteiger partial charge < -0.3 is 9.84 Å². The molecule has 0 aliphatic carbocycles. The van der Waals surface area contributed by atoms with E-state index in [-0.39, 0.29) is 11.5 Å². The van der Waals surface area contributed by atoms with Gasteiger partial charge in [-0.15, -0.1) is 0 Å². The lowest BCUT2D eigenvalue weighted by Crippen LogP contribution is -2.27. The molecule has 1 N–H and O–H groups in total. The molecule has 94 valence electrons. The van der Waals surface area contributed by atoms with Crippen LogP contribution in [-0.4, -0.2) is 16.0 Å². The molecular formula is C11H9Cl2N3O2. The van der Waals surface area contributed by atoms with Gasteiger partial charge in [-0.25, -0.2) is 0 Å². The average Bonchev–Trinajstić information content (AvgIpc) is 2.81. The lowest BCUT2D eigenvalue weighted by atomic mass is 10.2. The molecule has 1 unspecified atom stereocenters. The van der Waals surface area contributed by atoms with E-state index in [0.717, 1.165) is 0 Å². The van der Waals surface area contributed by atoms with Crippen LogP contribution in [0.15, 0.2) is 29.1 Å². The van der Waals surface area contributed by atoms with Crippen molar-refractivity contribution in [2.24, 2.45) is 0 Å². The normalized spacial score (nSPS) is 12.2. The molecule has 0 radical (unpaired) electrons. The highest BCUT2D eigenvalue weighted by molar-refractivity contribution is 6.39. The molecular weight excluding hydrogens is 277 g/mol. The maximum atomic E-state index is 12.0. The van der Waals surface area contributed by atoms with E-state index in [4.69, 9.17) is 23.2 Å². The van der Waals surface area contributed by atoms with E-state index in [1.165, 1.54) is 6.39 Å². The molecule has 0 spiro atoms. The topological polar surface area (TPSA) is 68.0 Å². The quantitative estimate of drug-likeness (QED) is 0.942. The number of aromatic nitrogens is 2. The Morgan fingerprint density at radius 3 is 2.61 bits per heavy atom. The minimum Gasteiger partial charge on any atom is -0.343 e. The molecule has 1 aromatic heterocycles. The van der Waals surface area contributed by atoms with Crippen molar-refractivity contribution >= 4 is 29.1 Å². The number of amides is 1. The monoisotopic (exact) mass is 285 g/mol. The predicted molar refractivity (Wildman–Crippen MR) is 66.6 cm³/mol. The van der Waals surface area contributed by atoms with Gasteiger partial charge in [0.25, 0.3) is 5.91 Å². The fourth-order valence-corrected chi connectivity index (χ4v) is 1.99. The second-order valence-electron chi connectivity index (χ2n) is 3.58. The van der Waals surface area contributed by atoms with Crippen molar-refractivity contribution in [2.75, 3.05) is 0 Å². The van der Waals surface area contributed by atoms with E-state index in [2.05, 4.69) is 20.0 Å². The number of hydrogen-bond donors (Lipinski definition) is 1. The molecule has 1 aromatic carbocycles. The standard InChI is InChI=1S/C11H9Cl2N3O2/c1-6(10-14-5-18-16-10)15-11(17)9-7(12)3-2-4-8(9)13/h2-6H,1H3,(H,15,17). The molecule has 0 fully saturated rings. The number of halogens is 2. The van der Waals surface area contributed by atoms with Crippen molar-refractivity contribution in [2.45, 2.75) is 13.0 Å². The zero-order chi connectivity index (χ0) is 13.1. The Kier molecular flexibility index (Phi) is 3.84. The van der Waals surface area contributed by atoms with Gasteiger partial charge in [0, 0.05) is 0 Å². The van der Waals surface area contributed by atoms with Crippen LogP contribution in [0.5, 0.6) is 0 Å². The van der Waals surface area contributed by atoms with Crippen molar-refractivity contribution in [3.8, 4) is 0 Å². The van der Waals surface area contributed by atoms with Crippen LogP contribution in [0.25, 0.3) is 0 Å². The Balaban J connectivity index is 2.18. The number of nitrogens with one attached hydrogen (secondary N) is 1. The Bertz CT molecular complexity index is 537. The minimum absolute atomic E-state index is 0.233. The Morgan fingerprint density at radius 2 is 2.06 bits per heavy atom. The summed E-state index contributed by atoms with van der Waals surface area (Å²) in [5.41, 5.74) is 0.233. The average molecular weight is 286 g/mol.